The first-order valence-corrected chi connectivity index (χ1v) is 15.8. The number of anilines is 1. The molecule has 1 aliphatic carbocycles. The smallest absolute Gasteiger partial charge is 0.435 e. The number of halogens is 3. The summed E-state index contributed by atoms with van der Waals surface area (Å²) in [6.45, 7) is 0.596. The maximum Gasteiger partial charge on any atom is 0.435 e. The van der Waals surface area contributed by atoms with E-state index < -0.39 is 39.7 Å². The normalized spacial score (nSPS) is 14.1. The van der Waals surface area contributed by atoms with Crippen molar-refractivity contribution in [3.63, 3.8) is 0 Å². The van der Waals surface area contributed by atoms with Crippen LogP contribution < -0.4 is 16.0 Å². The van der Waals surface area contributed by atoms with Gasteiger partial charge in [-0.1, -0.05) is 36.4 Å². The molecule has 1 aliphatic rings. The molecular weight excluding hydrogens is 611 g/mol. The number of hydrogen-bond donors (Lipinski definition) is 4. The lowest BCUT2D eigenvalue weighted by Gasteiger charge is -2.21. The Morgan fingerprint density at radius 1 is 1.00 bits per heavy atom. The molecule has 10 nitrogen and oxygen atoms in total. The quantitative estimate of drug-likeness (QED) is 0.172. The van der Waals surface area contributed by atoms with Gasteiger partial charge in [-0.05, 0) is 78.4 Å². The minimum Gasteiger partial charge on any atom is -0.465 e. The van der Waals surface area contributed by atoms with Crippen molar-refractivity contribution in [2.45, 2.75) is 36.5 Å². The van der Waals surface area contributed by atoms with Crippen LogP contribution in [0, 0.1) is 5.92 Å². The summed E-state index contributed by atoms with van der Waals surface area (Å²) in [5.74, 6) is -0.347. The molecule has 0 radical (unpaired) electrons. The van der Waals surface area contributed by atoms with E-state index in [0.717, 1.165) is 23.8 Å². The SMILES string of the molecule is CS(=O)(=O)c1cccc(C(NCC2CC2)c2cccc(NC(=O)c3cc(C(F)(F)F)nn3-c3cccc(CNC(=O)O)c3)c2)c1. The van der Waals surface area contributed by atoms with Crippen LogP contribution in [-0.2, 0) is 22.6 Å². The van der Waals surface area contributed by atoms with Gasteiger partial charge in [-0.3, -0.25) is 4.79 Å². The summed E-state index contributed by atoms with van der Waals surface area (Å²) in [5, 5.41) is 20.9. The average molecular weight is 642 g/mol. The first-order chi connectivity index (χ1) is 21.3. The Labute approximate surface area is 257 Å². The van der Waals surface area contributed by atoms with Gasteiger partial charge in [0.2, 0.25) is 0 Å². The highest BCUT2D eigenvalue weighted by atomic mass is 32.2. The van der Waals surface area contributed by atoms with E-state index in [1.54, 1.807) is 36.4 Å². The van der Waals surface area contributed by atoms with Gasteiger partial charge in [-0.2, -0.15) is 18.3 Å². The first kappa shape index (κ1) is 31.7. The molecule has 4 aromatic rings. The highest BCUT2D eigenvalue weighted by Crippen LogP contribution is 2.32. The van der Waals surface area contributed by atoms with E-state index in [4.69, 9.17) is 5.11 Å². The van der Waals surface area contributed by atoms with Crippen LogP contribution in [0.3, 0.4) is 0 Å². The van der Waals surface area contributed by atoms with Crippen molar-refractivity contribution in [1.29, 1.82) is 0 Å². The second-order valence-corrected chi connectivity index (χ2v) is 12.9. The van der Waals surface area contributed by atoms with E-state index in [1.807, 2.05) is 12.1 Å². The van der Waals surface area contributed by atoms with Gasteiger partial charge in [0.1, 0.15) is 5.69 Å². The van der Waals surface area contributed by atoms with Gasteiger partial charge in [0.05, 0.1) is 16.6 Å². The van der Waals surface area contributed by atoms with Gasteiger partial charge in [-0.15, -0.1) is 0 Å². The standard InChI is InChI=1S/C31H30F3N5O5S/c1-45(43,44)25-10-4-7-22(15-25)28(35-17-19-11-12-19)21-6-3-8-23(14-21)37-29(40)26-16-27(31(32,33)34)38-39(26)24-9-2-5-20(13-24)18-36-30(41)42/h2-10,13-16,19,28,35-36H,11-12,17-18H2,1H3,(H,37,40)(H,41,42). The molecule has 5 rings (SSSR count). The zero-order valence-corrected chi connectivity index (χ0v) is 24.8. The van der Waals surface area contributed by atoms with Crippen LogP contribution in [0.15, 0.2) is 83.8 Å². The average Bonchev–Trinajstić information content (AvgIpc) is 3.69. The van der Waals surface area contributed by atoms with Crippen molar-refractivity contribution in [2.75, 3.05) is 18.1 Å². The van der Waals surface area contributed by atoms with Crippen molar-refractivity contribution in [1.82, 2.24) is 20.4 Å². The second-order valence-electron chi connectivity index (χ2n) is 10.9. The Morgan fingerprint density at radius 3 is 2.36 bits per heavy atom. The summed E-state index contributed by atoms with van der Waals surface area (Å²) < 4.78 is 66.4. The molecule has 1 fully saturated rings. The lowest BCUT2D eigenvalue weighted by atomic mass is 9.98. The molecule has 0 saturated heterocycles. The predicted molar refractivity (Wildman–Crippen MR) is 160 cm³/mol. The fraction of sp³-hybridized carbons (Fsp3) is 0.258. The van der Waals surface area contributed by atoms with E-state index in [1.165, 1.54) is 24.3 Å². The highest BCUT2D eigenvalue weighted by molar-refractivity contribution is 7.90. The number of alkyl halides is 3. The largest absolute Gasteiger partial charge is 0.465 e. The fourth-order valence-electron chi connectivity index (χ4n) is 4.80. The van der Waals surface area contributed by atoms with Crippen molar-refractivity contribution >= 4 is 27.5 Å². The van der Waals surface area contributed by atoms with E-state index in [-0.39, 0.29) is 22.8 Å². The number of sulfone groups is 1. The van der Waals surface area contributed by atoms with Gasteiger partial charge in [0, 0.05) is 24.6 Å². The zero-order valence-electron chi connectivity index (χ0n) is 24.0. The van der Waals surface area contributed by atoms with Crippen molar-refractivity contribution in [3.8, 4) is 5.69 Å². The maximum absolute atomic E-state index is 13.7. The van der Waals surface area contributed by atoms with Gasteiger partial charge in [-0.25, -0.2) is 17.9 Å². The van der Waals surface area contributed by atoms with E-state index in [0.29, 0.717) is 40.9 Å². The molecule has 45 heavy (non-hydrogen) atoms. The molecule has 4 N–H and O–H groups in total. The first-order valence-electron chi connectivity index (χ1n) is 14.0. The molecule has 0 spiro atoms. The molecule has 3 aromatic carbocycles. The zero-order chi connectivity index (χ0) is 32.4. The number of benzene rings is 3. The Balaban J connectivity index is 1.46. The minimum absolute atomic E-state index is 0.103. The highest BCUT2D eigenvalue weighted by Gasteiger charge is 2.36. The summed E-state index contributed by atoms with van der Waals surface area (Å²) >= 11 is 0. The Kier molecular flexibility index (Phi) is 8.98. The number of rotatable bonds is 11. The second kappa shape index (κ2) is 12.7. The van der Waals surface area contributed by atoms with Gasteiger partial charge >= 0.3 is 12.3 Å². The molecule has 14 heteroatoms. The van der Waals surface area contributed by atoms with E-state index >= 15 is 0 Å². The summed E-state index contributed by atoms with van der Waals surface area (Å²) in [4.78, 5) is 24.5. The number of carbonyl (C=O) groups excluding carboxylic acids is 1. The number of hydrogen-bond acceptors (Lipinski definition) is 6. The molecule has 0 aliphatic heterocycles. The number of carboxylic acid groups (broad SMARTS) is 1. The fourth-order valence-corrected chi connectivity index (χ4v) is 5.48. The third kappa shape index (κ3) is 8.08. The Morgan fingerprint density at radius 2 is 1.69 bits per heavy atom. The minimum atomic E-state index is -4.83. The van der Waals surface area contributed by atoms with Crippen LogP contribution in [0.4, 0.5) is 23.7 Å². The van der Waals surface area contributed by atoms with Crippen LogP contribution >= 0.6 is 0 Å². The lowest BCUT2D eigenvalue weighted by Crippen LogP contribution is -2.25. The van der Waals surface area contributed by atoms with Crippen LogP contribution in [0.25, 0.3) is 5.69 Å². The maximum atomic E-state index is 13.7. The van der Waals surface area contributed by atoms with Crippen LogP contribution in [0.5, 0.6) is 0 Å². The molecule has 1 atom stereocenters. The van der Waals surface area contributed by atoms with Gasteiger partial charge in [0.25, 0.3) is 5.91 Å². The summed E-state index contributed by atoms with van der Waals surface area (Å²) in [6, 6.07) is 19.6. The van der Waals surface area contributed by atoms with E-state index in [2.05, 4.69) is 21.0 Å². The molecule has 2 amide bonds. The Bertz CT molecular complexity index is 1840. The Hall–Kier alpha value is -4.69. The predicted octanol–water partition coefficient (Wildman–Crippen LogP) is 5.40. The number of amides is 2. The molecule has 1 unspecified atom stereocenters. The number of nitrogens with one attached hydrogen (secondary N) is 3. The van der Waals surface area contributed by atoms with Gasteiger partial charge in [0.15, 0.2) is 15.5 Å². The number of nitrogens with zero attached hydrogens (tertiary/aromatic N) is 2. The van der Waals surface area contributed by atoms with Crippen LogP contribution in [0.2, 0.25) is 0 Å². The molecular formula is C31H30F3N5O5S. The molecule has 0 bridgehead atoms. The molecule has 236 valence electrons. The van der Waals surface area contributed by atoms with Gasteiger partial charge < -0.3 is 21.1 Å². The molecule has 1 aromatic heterocycles. The van der Waals surface area contributed by atoms with Crippen LogP contribution in [0.1, 0.15) is 51.8 Å². The lowest BCUT2D eigenvalue weighted by molar-refractivity contribution is -0.141. The van der Waals surface area contributed by atoms with Crippen molar-refractivity contribution < 1.29 is 36.3 Å². The number of aromatic nitrogens is 2. The monoisotopic (exact) mass is 641 g/mol. The van der Waals surface area contributed by atoms with E-state index in [9.17, 15) is 31.2 Å². The summed E-state index contributed by atoms with van der Waals surface area (Å²) in [5.41, 5.74) is 0.628. The molecule has 1 heterocycles. The molecule has 1 saturated carbocycles. The van der Waals surface area contributed by atoms with Crippen LogP contribution in [-0.4, -0.2) is 48.1 Å². The third-order valence-electron chi connectivity index (χ3n) is 7.24. The van der Waals surface area contributed by atoms with Crippen molar-refractivity contribution in [3.05, 3.63) is 107 Å². The topological polar surface area (TPSA) is 142 Å². The number of carbonyl (C=O) groups is 2. The third-order valence-corrected chi connectivity index (χ3v) is 8.35. The summed E-state index contributed by atoms with van der Waals surface area (Å²) in [6.07, 6.45) is -2.79. The van der Waals surface area contributed by atoms with Crippen molar-refractivity contribution in [2.24, 2.45) is 5.92 Å². The summed E-state index contributed by atoms with van der Waals surface area (Å²) in [7, 11) is -3.46.